The van der Waals surface area contributed by atoms with E-state index >= 15 is 0 Å². The molecular formula is C15H15F2N3O4. The van der Waals surface area contributed by atoms with Crippen LogP contribution in [-0.4, -0.2) is 33.4 Å². The lowest BCUT2D eigenvalue weighted by molar-refractivity contribution is -0.140. The molecule has 1 aromatic heterocycles. The van der Waals surface area contributed by atoms with Crippen molar-refractivity contribution in [3.63, 3.8) is 0 Å². The van der Waals surface area contributed by atoms with E-state index in [9.17, 15) is 18.4 Å². The molecule has 1 atom stereocenters. The van der Waals surface area contributed by atoms with Gasteiger partial charge >= 0.3 is 12.6 Å². The van der Waals surface area contributed by atoms with Crippen molar-refractivity contribution in [1.29, 1.82) is 0 Å². The summed E-state index contributed by atoms with van der Waals surface area (Å²) >= 11 is 0. The van der Waals surface area contributed by atoms with E-state index in [1.165, 1.54) is 31.3 Å². The summed E-state index contributed by atoms with van der Waals surface area (Å²) in [5, 5.41) is 15.2. The van der Waals surface area contributed by atoms with Crippen LogP contribution in [0.15, 0.2) is 30.5 Å². The number of aliphatic carboxylic acids is 1. The first-order chi connectivity index (χ1) is 11.3. The molecule has 1 heterocycles. The summed E-state index contributed by atoms with van der Waals surface area (Å²) in [6.07, 6.45) is 1.35. The lowest BCUT2D eigenvalue weighted by atomic mass is 10.2. The van der Waals surface area contributed by atoms with Crippen LogP contribution in [0.2, 0.25) is 0 Å². The summed E-state index contributed by atoms with van der Waals surface area (Å²) in [6, 6.07) is 4.81. The predicted molar refractivity (Wildman–Crippen MR) is 80.3 cm³/mol. The Hall–Kier alpha value is -2.97. The minimum Gasteiger partial charge on any atom is -0.480 e. The molecule has 7 nitrogen and oxygen atoms in total. The van der Waals surface area contributed by atoms with Crippen LogP contribution in [0.25, 0.3) is 0 Å². The van der Waals surface area contributed by atoms with Gasteiger partial charge in [-0.05, 0) is 37.6 Å². The van der Waals surface area contributed by atoms with E-state index in [1.54, 1.807) is 13.0 Å². The first-order valence-electron chi connectivity index (χ1n) is 6.92. The Labute approximate surface area is 135 Å². The van der Waals surface area contributed by atoms with Gasteiger partial charge in [-0.1, -0.05) is 6.07 Å². The molecule has 128 valence electrons. The maximum Gasteiger partial charge on any atom is 0.387 e. The Morgan fingerprint density at radius 2 is 2.04 bits per heavy atom. The standard InChI is InChI=1S/C15H15F2N3O4/c1-8-3-4-10(12(7-8)24-15(16)17)18-13(21)11-5-6-20(19-11)9(2)14(22)23/h3-7,9,15H,1-2H3,(H,18,21)(H,22,23). The molecule has 1 unspecified atom stereocenters. The fraction of sp³-hybridized carbons (Fsp3) is 0.267. The Balaban J connectivity index is 2.19. The summed E-state index contributed by atoms with van der Waals surface area (Å²) in [7, 11) is 0. The van der Waals surface area contributed by atoms with Crippen molar-refractivity contribution < 1.29 is 28.2 Å². The number of halogens is 2. The minimum atomic E-state index is -3.03. The number of nitrogens with zero attached hydrogens (tertiary/aromatic N) is 2. The highest BCUT2D eigenvalue weighted by molar-refractivity contribution is 6.03. The van der Waals surface area contributed by atoms with Gasteiger partial charge in [-0.15, -0.1) is 0 Å². The van der Waals surface area contributed by atoms with Crippen LogP contribution in [0.5, 0.6) is 5.75 Å². The quantitative estimate of drug-likeness (QED) is 0.844. The van der Waals surface area contributed by atoms with E-state index in [0.717, 1.165) is 4.68 Å². The second kappa shape index (κ2) is 7.07. The molecule has 0 aliphatic rings. The van der Waals surface area contributed by atoms with Gasteiger partial charge in [0.15, 0.2) is 5.69 Å². The molecule has 2 N–H and O–H groups in total. The molecular weight excluding hydrogens is 324 g/mol. The molecule has 0 radical (unpaired) electrons. The third-order valence-corrected chi connectivity index (χ3v) is 3.20. The molecule has 9 heteroatoms. The van der Waals surface area contributed by atoms with Gasteiger partial charge in [-0.25, -0.2) is 4.79 Å². The maximum atomic E-state index is 12.5. The van der Waals surface area contributed by atoms with Crippen molar-refractivity contribution in [2.75, 3.05) is 5.32 Å². The van der Waals surface area contributed by atoms with Crippen LogP contribution in [0.1, 0.15) is 29.0 Å². The van der Waals surface area contributed by atoms with Gasteiger partial charge in [-0.2, -0.15) is 13.9 Å². The molecule has 0 aliphatic carbocycles. The number of alkyl halides is 2. The Morgan fingerprint density at radius 3 is 2.67 bits per heavy atom. The maximum absolute atomic E-state index is 12.5. The number of aromatic nitrogens is 2. The van der Waals surface area contributed by atoms with Crippen LogP contribution in [0, 0.1) is 6.92 Å². The average molecular weight is 339 g/mol. The number of amides is 1. The first-order valence-corrected chi connectivity index (χ1v) is 6.92. The second-order valence-corrected chi connectivity index (χ2v) is 5.03. The van der Waals surface area contributed by atoms with Gasteiger partial charge in [0.2, 0.25) is 0 Å². The van der Waals surface area contributed by atoms with Crippen molar-refractivity contribution >= 4 is 17.6 Å². The van der Waals surface area contributed by atoms with Gasteiger partial charge in [0.1, 0.15) is 11.8 Å². The topological polar surface area (TPSA) is 93.5 Å². The molecule has 1 aromatic carbocycles. The van der Waals surface area contributed by atoms with Gasteiger partial charge in [0.05, 0.1) is 5.69 Å². The molecule has 0 saturated heterocycles. The van der Waals surface area contributed by atoms with Gasteiger partial charge in [0.25, 0.3) is 5.91 Å². The molecule has 0 aliphatic heterocycles. The van der Waals surface area contributed by atoms with Crippen molar-refractivity contribution in [2.45, 2.75) is 26.5 Å². The third-order valence-electron chi connectivity index (χ3n) is 3.20. The smallest absolute Gasteiger partial charge is 0.387 e. The largest absolute Gasteiger partial charge is 0.480 e. The number of carbonyl (C=O) groups is 2. The number of hydrogen-bond donors (Lipinski definition) is 2. The summed E-state index contributed by atoms with van der Waals surface area (Å²) in [5.41, 5.74) is 0.696. The fourth-order valence-corrected chi connectivity index (χ4v) is 1.90. The fourth-order valence-electron chi connectivity index (χ4n) is 1.90. The summed E-state index contributed by atoms with van der Waals surface area (Å²) in [5.74, 6) is -1.94. The van der Waals surface area contributed by atoms with Crippen molar-refractivity contribution in [3.05, 3.63) is 41.7 Å². The number of nitrogens with one attached hydrogen (secondary N) is 1. The number of hydrogen-bond acceptors (Lipinski definition) is 4. The zero-order valence-corrected chi connectivity index (χ0v) is 12.9. The number of benzene rings is 1. The monoisotopic (exact) mass is 339 g/mol. The van der Waals surface area contributed by atoms with Gasteiger partial charge in [0, 0.05) is 6.20 Å². The molecule has 2 aromatic rings. The number of carboxylic acids is 1. The molecule has 24 heavy (non-hydrogen) atoms. The number of aryl methyl sites for hydroxylation is 1. The highest BCUT2D eigenvalue weighted by Crippen LogP contribution is 2.27. The lowest BCUT2D eigenvalue weighted by Crippen LogP contribution is -2.18. The van der Waals surface area contributed by atoms with Crippen LogP contribution in [-0.2, 0) is 4.79 Å². The zero-order chi connectivity index (χ0) is 17.9. The van der Waals surface area contributed by atoms with E-state index in [4.69, 9.17) is 5.11 Å². The lowest BCUT2D eigenvalue weighted by Gasteiger charge is -2.12. The van der Waals surface area contributed by atoms with Crippen LogP contribution in [0.3, 0.4) is 0 Å². The minimum absolute atomic E-state index is 0.0494. The molecule has 0 saturated carbocycles. The SMILES string of the molecule is Cc1ccc(NC(=O)c2ccn(C(C)C(=O)O)n2)c(OC(F)F)c1. The van der Waals surface area contributed by atoms with Gasteiger partial charge in [-0.3, -0.25) is 9.48 Å². The number of ether oxygens (including phenoxy) is 1. The summed E-state index contributed by atoms with van der Waals surface area (Å²) < 4.78 is 30.4. The average Bonchev–Trinajstić information content (AvgIpc) is 2.98. The number of carboxylic acid groups (broad SMARTS) is 1. The van der Waals surface area contributed by atoms with Crippen LogP contribution in [0.4, 0.5) is 14.5 Å². The highest BCUT2D eigenvalue weighted by atomic mass is 19.3. The predicted octanol–water partition coefficient (Wildman–Crippen LogP) is 2.69. The molecule has 0 fully saturated rings. The third kappa shape index (κ3) is 4.06. The molecule has 1 amide bonds. The van der Waals surface area contributed by atoms with E-state index in [0.29, 0.717) is 5.56 Å². The van der Waals surface area contributed by atoms with Crippen molar-refractivity contribution in [2.24, 2.45) is 0 Å². The van der Waals surface area contributed by atoms with Crippen molar-refractivity contribution in [3.8, 4) is 5.75 Å². The number of carbonyl (C=O) groups excluding carboxylic acids is 1. The first kappa shape index (κ1) is 17.4. The second-order valence-electron chi connectivity index (χ2n) is 5.03. The van der Waals surface area contributed by atoms with Gasteiger partial charge < -0.3 is 15.2 Å². The molecule has 0 bridgehead atoms. The summed E-state index contributed by atoms with van der Waals surface area (Å²) in [6.45, 7) is 0.0721. The van der Waals surface area contributed by atoms with Crippen molar-refractivity contribution in [1.82, 2.24) is 9.78 Å². The molecule has 2 rings (SSSR count). The highest BCUT2D eigenvalue weighted by Gasteiger charge is 2.18. The summed E-state index contributed by atoms with van der Waals surface area (Å²) in [4.78, 5) is 23.1. The van der Waals surface area contributed by atoms with E-state index < -0.39 is 24.5 Å². The zero-order valence-electron chi connectivity index (χ0n) is 12.9. The Kier molecular flexibility index (Phi) is 5.12. The van der Waals surface area contributed by atoms with Crippen LogP contribution < -0.4 is 10.1 Å². The Bertz CT molecular complexity index is 761. The van der Waals surface area contributed by atoms with Crippen LogP contribution >= 0.6 is 0 Å². The van der Waals surface area contributed by atoms with E-state index in [-0.39, 0.29) is 17.1 Å². The Morgan fingerprint density at radius 1 is 1.33 bits per heavy atom. The molecule has 0 spiro atoms. The van der Waals surface area contributed by atoms with E-state index in [1.807, 2.05) is 0 Å². The number of anilines is 1. The number of rotatable bonds is 6. The van der Waals surface area contributed by atoms with E-state index in [2.05, 4.69) is 15.2 Å². The normalized spacial score (nSPS) is 12.0.